The summed E-state index contributed by atoms with van der Waals surface area (Å²) in [7, 11) is 0. The second-order valence-corrected chi connectivity index (χ2v) is 10.9. The molecule has 3 amide bonds. The molecule has 5 rings (SSSR count). The third kappa shape index (κ3) is 8.99. The largest absolute Gasteiger partial charge is 0.416 e. The zero-order valence-electron chi connectivity index (χ0n) is 25.1. The molecular weight excluding hydrogens is 634 g/mol. The van der Waals surface area contributed by atoms with Crippen LogP contribution < -0.4 is 10.6 Å². The lowest BCUT2D eigenvalue weighted by molar-refractivity contribution is -0.138. The Bertz CT molecular complexity index is 1830. The fraction of sp³-hybridized carbons (Fsp3) is 0.139. The molecule has 0 fully saturated rings. The number of urea groups is 1. The van der Waals surface area contributed by atoms with Crippen molar-refractivity contribution >= 4 is 17.6 Å². The number of hydrogen-bond acceptors (Lipinski definition) is 3. The topological polar surface area (TPSA) is 74.3 Å². The number of halogens is 6. The lowest BCUT2D eigenvalue weighted by atomic mass is 10.0. The Morgan fingerprint density at radius 2 is 1.15 bits per heavy atom. The van der Waals surface area contributed by atoms with Crippen molar-refractivity contribution in [3.05, 3.63) is 155 Å². The third-order valence-electron chi connectivity index (χ3n) is 7.39. The molecule has 0 aliphatic rings. The molecule has 0 spiro atoms. The first-order valence-corrected chi connectivity index (χ1v) is 14.6. The Morgan fingerprint density at radius 1 is 0.625 bits per heavy atom. The number of nitrogens with one attached hydrogen (secondary N) is 2. The number of carbonyl (C=O) groups excluding carboxylic acids is 2. The second kappa shape index (κ2) is 14.4. The van der Waals surface area contributed by atoms with Crippen LogP contribution in [0, 0.1) is 0 Å². The number of benzene rings is 4. The summed E-state index contributed by atoms with van der Waals surface area (Å²) in [6.07, 6.45) is -5.72. The minimum Gasteiger partial charge on any atom is -0.348 e. The SMILES string of the molecule is O=C(NCc1ccc(-c2ccc(CN(Cc3cccnc3)C(=O)Nc3ccc(C(F)(F)F)cc3)cc2)cc1)c1ccc(C(F)(F)F)cc1. The standard InChI is InChI=1S/C36H28F6N4O2/c37-35(38,39)30-13-11-29(12-14-30)33(47)44-21-24-3-7-27(8-4-24)28-9-5-25(6-10-28)22-46(23-26-2-1-19-43-20-26)34(48)45-32-17-15-31(16-18-32)36(40,41)42/h1-20H,21-23H2,(H,44,47)(H,45,48). The summed E-state index contributed by atoms with van der Waals surface area (Å²) < 4.78 is 77.2. The molecule has 0 bridgehead atoms. The third-order valence-corrected chi connectivity index (χ3v) is 7.39. The van der Waals surface area contributed by atoms with Crippen molar-refractivity contribution in [1.29, 1.82) is 0 Å². The number of rotatable bonds is 9. The second-order valence-electron chi connectivity index (χ2n) is 10.9. The van der Waals surface area contributed by atoms with Crippen LogP contribution in [0.2, 0.25) is 0 Å². The van der Waals surface area contributed by atoms with Crippen LogP contribution in [0.4, 0.5) is 36.8 Å². The van der Waals surface area contributed by atoms with Gasteiger partial charge in [-0.2, -0.15) is 26.3 Å². The Kier molecular flexibility index (Phi) is 10.1. The maximum atomic E-state index is 13.3. The van der Waals surface area contributed by atoms with Crippen LogP contribution in [-0.2, 0) is 32.0 Å². The Morgan fingerprint density at radius 3 is 1.67 bits per heavy atom. The van der Waals surface area contributed by atoms with Gasteiger partial charge in [0.2, 0.25) is 0 Å². The predicted octanol–water partition coefficient (Wildman–Crippen LogP) is 8.95. The molecule has 5 aromatic rings. The summed E-state index contributed by atoms with van der Waals surface area (Å²) in [5, 5.41) is 5.37. The van der Waals surface area contributed by atoms with E-state index in [9.17, 15) is 35.9 Å². The molecule has 12 heteroatoms. The van der Waals surface area contributed by atoms with E-state index in [0.29, 0.717) is 0 Å². The van der Waals surface area contributed by atoms with Gasteiger partial charge in [-0.3, -0.25) is 9.78 Å². The minimum absolute atomic E-state index is 0.121. The molecule has 48 heavy (non-hydrogen) atoms. The van der Waals surface area contributed by atoms with E-state index in [1.165, 1.54) is 17.0 Å². The van der Waals surface area contributed by atoms with Gasteiger partial charge in [-0.15, -0.1) is 0 Å². The van der Waals surface area contributed by atoms with Crippen LogP contribution in [0.5, 0.6) is 0 Å². The van der Waals surface area contributed by atoms with Gasteiger partial charge in [0, 0.05) is 43.3 Å². The molecule has 1 heterocycles. The van der Waals surface area contributed by atoms with Crippen LogP contribution in [0.1, 0.15) is 38.2 Å². The summed E-state index contributed by atoms with van der Waals surface area (Å²) in [5.74, 6) is -0.492. The van der Waals surface area contributed by atoms with E-state index in [-0.39, 0.29) is 30.9 Å². The Labute approximate surface area is 272 Å². The molecule has 4 aromatic carbocycles. The van der Waals surface area contributed by atoms with Gasteiger partial charge in [0.15, 0.2) is 0 Å². The number of nitrogens with zero attached hydrogens (tertiary/aromatic N) is 2. The van der Waals surface area contributed by atoms with Crippen molar-refractivity contribution in [1.82, 2.24) is 15.2 Å². The average Bonchev–Trinajstić information content (AvgIpc) is 3.07. The number of carbonyl (C=O) groups is 2. The zero-order chi connectivity index (χ0) is 34.3. The van der Waals surface area contributed by atoms with E-state index < -0.39 is 35.4 Å². The van der Waals surface area contributed by atoms with Crippen LogP contribution in [0.15, 0.2) is 122 Å². The van der Waals surface area contributed by atoms with Crippen molar-refractivity contribution < 1.29 is 35.9 Å². The highest BCUT2D eigenvalue weighted by molar-refractivity contribution is 5.94. The van der Waals surface area contributed by atoms with E-state index in [2.05, 4.69) is 15.6 Å². The van der Waals surface area contributed by atoms with Gasteiger partial charge in [0.05, 0.1) is 11.1 Å². The number of anilines is 1. The van der Waals surface area contributed by atoms with E-state index in [1.54, 1.807) is 18.5 Å². The summed E-state index contributed by atoms with van der Waals surface area (Å²) in [6.45, 7) is 0.596. The maximum absolute atomic E-state index is 13.3. The predicted molar refractivity (Wildman–Crippen MR) is 168 cm³/mol. The average molecular weight is 663 g/mol. The van der Waals surface area contributed by atoms with Gasteiger partial charge < -0.3 is 15.5 Å². The lowest BCUT2D eigenvalue weighted by Crippen LogP contribution is -2.34. The highest BCUT2D eigenvalue weighted by Crippen LogP contribution is 2.31. The fourth-order valence-corrected chi connectivity index (χ4v) is 4.79. The van der Waals surface area contributed by atoms with Crippen molar-refractivity contribution in [3.63, 3.8) is 0 Å². The van der Waals surface area contributed by atoms with Crippen LogP contribution in [0.3, 0.4) is 0 Å². The molecule has 1 aromatic heterocycles. The van der Waals surface area contributed by atoms with E-state index >= 15 is 0 Å². The number of aromatic nitrogens is 1. The number of hydrogen-bond donors (Lipinski definition) is 2. The molecule has 2 N–H and O–H groups in total. The van der Waals surface area contributed by atoms with Crippen molar-refractivity contribution in [3.8, 4) is 11.1 Å². The molecule has 0 unspecified atom stereocenters. The summed E-state index contributed by atoms with van der Waals surface area (Å²) in [4.78, 5) is 31.3. The first-order valence-electron chi connectivity index (χ1n) is 14.6. The first kappa shape index (κ1) is 33.7. The normalized spacial score (nSPS) is 11.5. The number of alkyl halides is 6. The van der Waals surface area contributed by atoms with Gasteiger partial charge in [-0.25, -0.2) is 4.79 Å². The maximum Gasteiger partial charge on any atom is 0.416 e. The minimum atomic E-state index is -4.48. The zero-order valence-corrected chi connectivity index (χ0v) is 25.1. The number of pyridine rings is 1. The molecule has 6 nitrogen and oxygen atoms in total. The molecule has 0 aliphatic carbocycles. The molecule has 0 radical (unpaired) electrons. The van der Waals surface area contributed by atoms with E-state index in [1.807, 2.05) is 54.6 Å². The Balaban J connectivity index is 1.21. The van der Waals surface area contributed by atoms with Gasteiger partial charge in [-0.05, 0) is 82.4 Å². The van der Waals surface area contributed by atoms with Gasteiger partial charge in [-0.1, -0.05) is 54.6 Å². The van der Waals surface area contributed by atoms with E-state index in [0.717, 1.165) is 64.2 Å². The molecule has 0 atom stereocenters. The van der Waals surface area contributed by atoms with Crippen LogP contribution >= 0.6 is 0 Å². The van der Waals surface area contributed by atoms with Crippen LogP contribution in [-0.4, -0.2) is 21.8 Å². The smallest absolute Gasteiger partial charge is 0.348 e. The molecule has 0 saturated carbocycles. The highest BCUT2D eigenvalue weighted by atomic mass is 19.4. The summed E-state index contributed by atoms with van der Waals surface area (Å²) in [6, 6.07) is 26.2. The van der Waals surface area contributed by atoms with E-state index in [4.69, 9.17) is 0 Å². The summed E-state index contributed by atoms with van der Waals surface area (Å²) >= 11 is 0. The van der Waals surface area contributed by atoms with Crippen LogP contribution in [0.25, 0.3) is 11.1 Å². The first-order chi connectivity index (χ1) is 22.8. The monoisotopic (exact) mass is 662 g/mol. The van der Waals surface area contributed by atoms with Crippen molar-refractivity contribution in [2.24, 2.45) is 0 Å². The molecule has 0 aliphatic heterocycles. The lowest BCUT2D eigenvalue weighted by Gasteiger charge is -2.23. The van der Waals surface area contributed by atoms with Gasteiger partial charge in [0.25, 0.3) is 5.91 Å². The quantitative estimate of drug-likeness (QED) is 0.155. The highest BCUT2D eigenvalue weighted by Gasteiger charge is 2.31. The fourth-order valence-electron chi connectivity index (χ4n) is 4.79. The molecular formula is C36H28F6N4O2. The van der Waals surface area contributed by atoms with Gasteiger partial charge >= 0.3 is 18.4 Å². The molecule has 0 saturated heterocycles. The molecule has 246 valence electrons. The van der Waals surface area contributed by atoms with Crippen molar-refractivity contribution in [2.45, 2.75) is 32.0 Å². The summed E-state index contributed by atoms with van der Waals surface area (Å²) in [5.41, 5.74) is 2.87. The Hall–Kier alpha value is -5.65. The van der Waals surface area contributed by atoms with Gasteiger partial charge in [0.1, 0.15) is 0 Å². The van der Waals surface area contributed by atoms with Crippen molar-refractivity contribution in [2.75, 3.05) is 5.32 Å². The number of amides is 3.